The number of hydrogen-bond acceptors (Lipinski definition) is 4. The van der Waals surface area contributed by atoms with Crippen LogP contribution in [0, 0.1) is 0 Å². The van der Waals surface area contributed by atoms with Crippen LogP contribution in [0.1, 0.15) is 90.9 Å². The van der Waals surface area contributed by atoms with Gasteiger partial charge in [-0.1, -0.05) is 71.6 Å². The summed E-state index contributed by atoms with van der Waals surface area (Å²) in [5, 5.41) is 0. The van der Waals surface area contributed by atoms with Gasteiger partial charge in [-0.05, 0) is 19.3 Å². The summed E-state index contributed by atoms with van der Waals surface area (Å²) in [6.07, 6.45) is 17.3. The third-order valence-corrected chi connectivity index (χ3v) is 4.81. The van der Waals surface area contributed by atoms with E-state index in [0.717, 1.165) is 7.11 Å². The van der Waals surface area contributed by atoms with Crippen LogP contribution in [-0.4, -0.2) is 51.7 Å². The van der Waals surface area contributed by atoms with Crippen LogP contribution in [0.3, 0.4) is 0 Å². The van der Waals surface area contributed by atoms with Gasteiger partial charge in [0.15, 0.2) is 0 Å². The monoisotopic (exact) mass is 381 g/mol. The van der Waals surface area contributed by atoms with E-state index in [9.17, 15) is 13.0 Å². The van der Waals surface area contributed by atoms with Crippen LogP contribution in [0.25, 0.3) is 0 Å². The molecule has 0 aromatic carbocycles. The Morgan fingerprint density at radius 1 is 0.720 bits per heavy atom. The molecule has 0 saturated carbocycles. The second kappa shape index (κ2) is 17.3. The molecule has 154 valence electrons. The molecular formula is C19H43NO4S. The smallest absolute Gasteiger partial charge is 0.217 e. The second-order valence-corrected chi connectivity index (χ2v) is 8.64. The maximum atomic E-state index is 9.22. The first-order valence-electron chi connectivity index (χ1n) is 10.0. The van der Waals surface area contributed by atoms with Gasteiger partial charge in [0.1, 0.15) is 0 Å². The minimum atomic E-state index is -4.41. The molecule has 5 nitrogen and oxygen atoms in total. The van der Waals surface area contributed by atoms with Crippen LogP contribution < -0.4 is 0 Å². The zero-order valence-electron chi connectivity index (χ0n) is 17.4. The highest BCUT2D eigenvalue weighted by Crippen LogP contribution is 2.12. The van der Waals surface area contributed by atoms with E-state index >= 15 is 0 Å². The molecule has 0 spiro atoms. The maximum Gasteiger partial charge on any atom is 0.217 e. The van der Waals surface area contributed by atoms with Crippen molar-refractivity contribution in [2.75, 3.05) is 34.3 Å². The Morgan fingerprint density at radius 3 is 1.40 bits per heavy atom. The quantitative estimate of drug-likeness (QED) is 0.175. The van der Waals surface area contributed by atoms with Crippen molar-refractivity contribution in [1.82, 2.24) is 0 Å². The molecule has 0 rings (SSSR count). The van der Waals surface area contributed by atoms with E-state index in [-0.39, 0.29) is 0 Å². The van der Waals surface area contributed by atoms with Crippen LogP contribution in [0.5, 0.6) is 0 Å². The molecule has 0 atom stereocenters. The number of rotatable bonds is 15. The van der Waals surface area contributed by atoms with Crippen molar-refractivity contribution in [3.63, 3.8) is 0 Å². The zero-order chi connectivity index (χ0) is 19.6. The Morgan fingerprint density at radius 2 is 1.08 bits per heavy atom. The van der Waals surface area contributed by atoms with E-state index < -0.39 is 10.4 Å². The lowest BCUT2D eigenvalue weighted by Gasteiger charge is -2.29. The molecule has 0 amide bonds. The van der Waals surface area contributed by atoms with Gasteiger partial charge in [0.25, 0.3) is 0 Å². The summed E-state index contributed by atoms with van der Waals surface area (Å²) < 4.78 is 32.2. The van der Waals surface area contributed by atoms with Crippen molar-refractivity contribution >= 4 is 10.4 Å². The van der Waals surface area contributed by atoms with Crippen molar-refractivity contribution in [2.45, 2.75) is 90.9 Å². The normalized spacial score (nSPS) is 11.9. The van der Waals surface area contributed by atoms with Crippen LogP contribution in [0.2, 0.25) is 0 Å². The van der Waals surface area contributed by atoms with Gasteiger partial charge >= 0.3 is 0 Å². The molecule has 25 heavy (non-hydrogen) atoms. The fraction of sp³-hybridized carbons (Fsp3) is 1.00. The number of hydrogen-bond donors (Lipinski definition) is 0. The maximum absolute atomic E-state index is 9.22. The molecule has 0 saturated heterocycles. The summed E-state index contributed by atoms with van der Waals surface area (Å²) in [6, 6.07) is 0. The highest BCUT2D eigenvalue weighted by Gasteiger charge is 2.11. The molecule has 0 N–H and O–H groups in total. The average molecular weight is 382 g/mol. The van der Waals surface area contributed by atoms with E-state index in [2.05, 4.69) is 32.1 Å². The first-order chi connectivity index (χ1) is 11.7. The lowest BCUT2D eigenvalue weighted by Crippen LogP contribution is -2.40. The molecule has 0 radical (unpaired) electrons. The molecule has 6 heteroatoms. The number of nitrogens with zero attached hydrogens (tertiary/aromatic N) is 1. The first-order valence-corrected chi connectivity index (χ1v) is 11.3. The Labute approximate surface area is 157 Å². The van der Waals surface area contributed by atoms with E-state index in [0.29, 0.717) is 0 Å². The van der Waals surface area contributed by atoms with E-state index in [1.165, 1.54) is 94.6 Å². The molecule has 0 fully saturated rings. The molecule has 0 aromatic rings. The summed E-state index contributed by atoms with van der Waals surface area (Å²) in [5.74, 6) is 0. The Balaban J connectivity index is 0. The highest BCUT2D eigenvalue weighted by atomic mass is 32.3. The van der Waals surface area contributed by atoms with Crippen LogP contribution >= 0.6 is 0 Å². The predicted molar refractivity (Wildman–Crippen MR) is 105 cm³/mol. The van der Waals surface area contributed by atoms with Crippen LogP contribution in [0.4, 0.5) is 0 Å². The van der Waals surface area contributed by atoms with Crippen LogP contribution in [-0.2, 0) is 14.6 Å². The number of unbranched alkanes of at least 4 members (excludes halogenated alkanes) is 10. The SMILES string of the molecule is CCCCCCCCCCCCC[N+](C)(C)CCC.COS(=O)(=O)[O-]. The zero-order valence-corrected chi connectivity index (χ0v) is 18.2. The summed E-state index contributed by atoms with van der Waals surface area (Å²) in [4.78, 5) is 0. The van der Waals surface area contributed by atoms with Gasteiger partial charge in [-0.2, -0.15) is 0 Å². The van der Waals surface area contributed by atoms with E-state index in [1.54, 1.807) is 0 Å². The van der Waals surface area contributed by atoms with Crippen molar-refractivity contribution in [3.05, 3.63) is 0 Å². The summed E-state index contributed by atoms with van der Waals surface area (Å²) in [7, 11) is 1.15. The number of quaternary nitrogens is 1. The van der Waals surface area contributed by atoms with Gasteiger partial charge in [0.05, 0.1) is 34.3 Å². The molecule has 0 bridgehead atoms. The molecule has 0 aliphatic carbocycles. The molecular weight excluding hydrogens is 338 g/mol. The summed E-state index contributed by atoms with van der Waals surface area (Å²) >= 11 is 0. The van der Waals surface area contributed by atoms with Gasteiger partial charge in [-0.25, -0.2) is 8.42 Å². The van der Waals surface area contributed by atoms with Crippen molar-refractivity contribution < 1.29 is 21.6 Å². The Hall–Kier alpha value is -0.170. The molecule has 0 unspecified atom stereocenters. The molecule has 0 aromatic heterocycles. The van der Waals surface area contributed by atoms with Crippen LogP contribution in [0.15, 0.2) is 0 Å². The second-order valence-electron chi connectivity index (χ2n) is 7.49. The summed E-state index contributed by atoms with van der Waals surface area (Å²) in [5.41, 5.74) is 0. The predicted octanol–water partition coefficient (Wildman–Crippen LogP) is 4.88. The highest BCUT2D eigenvalue weighted by molar-refractivity contribution is 7.80. The third kappa shape index (κ3) is 26.2. The fourth-order valence-corrected chi connectivity index (χ4v) is 2.92. The van der Waals surface area contributed by atoms with Gasteiger partial charge < -0.3 is 9.04 Å². The van der Waals surface area contributed by atoms with Gasteiger partial charge in [0, 0.05) is 0 Å². The van der Waals surface area contributed by atoms with Gasteiger partial charge in [-0.3, -0.25) is 4.18 Å². The minimum Gasteiger partial charge on any atom is -0.726 e. The van der Waals surface area contributed by atoms with Gasteiger partial charge in [0.2, 0.25) is 10.4 Å². The minimum absolute atomic E-state index is 0.808. The Bertz CT molecular complexity index is 370. The molecule has 0 aliphatic rings. The standard InChI is InChI=1S/C18H40N.CH4O4S/c1-5-7-8-9-10-11-12-13-14-15-16-18-19(3,4)17-6-2;1-5-6(2,3)4/h5-18H2,1-4H3;1H3,(H,2,3,4)/q+1;/p-1. The molecule has 0 aliphatic heterocycles. The lowest BCUT2D eigenvalue weighted by molar-refractivity contribution is -0.890. The van der Waals surface area contributed by atoms with E-state index in [4.69, 9.17) is 0 Å². The largest absolute Gasteiger partial charge is 0.726 e. The van der Waals surface area contributed by atoms with Crippen molar-refractivity contribution in [2.24, 2.45) is 0 Å². The fourth-order valence-electron chi connectivity index (χ4n) is 2.92. The van der Waals surface area contributed by atoms with Gasteiger partial charge in [-0.15, -0.1) is 0 Å². The third-order valence-electron chi connectivity index (χ3n) is 4.40. The Kier molecular flexibility index (Phi) is 18.7. The van der Waals surface area contributed by atoms with Crippen molar-refractivity contribution in [3.8, 4) is 0 Å². The van der Waals surface area contributed by atoms with E-state index in [1.807, 2.05) is 0 Å². The first kappa shape index (κ1) is 27.1. The van der Waals surface area contributed by atoms with Crippen molar-refractivity contribution in [1.29, 1.82) is 0 Å². The topological polar surface area (TPSA) is 66.4 Å². The lowest BCUT2D eigenvalue weighted by atomic mass is 10.1. The molecule has 0 heterocycles. The average Bonchev–Trinajstić information content (AvgIpc) is 2.52. The summed E-state index contributed by atoms with van der Waals surface area (Å²) in [6.45, 7) is 7.28.